The normalized spacial score (nSPS) is 16.2. The van der Waals surface area contributed by atoms with Crippen LogP contribution in [-0.2, 0) is 11.2 Å². The van der Waals surface area contributed by atoms with Crippen molar-refractivity contribution < 1.29 is 9.53 Å². The number of likely N-dealkylation sites (tertiary alicyclic amines) is 1. The number of rotatable bonds is 5. The van der Waals surface area contributed by atoms with Crippen molar-refractivity contribution in [2.24, 2.45) is 0 Å². The van der Waals surface area contributed by atoms with Gasteiger partial charge in [0.15, 0.2) is 5.65 Å². The molecule has 2 aromatic heterocycles. The largest absolute Gasteiger partial charge is 0.497 e. The third-order valence-electron chi connectivity index (χ3n) is 6.68. The maximum Gasteiger partial charge on any atom is 0.223 e. The highest BCUT2D eigenvalue weighted by atomic mass is 16.5. The summed E-state index contributed by atoms with van der Waals surface area (Å²) in [5.41, 5.74) is 6.14. The molecule has 1 aliphatic rings. The summed E-state index contributed by atoms with van der Waals surface area (Å²) in [6.07, 6.45) is 3.18. The van der Waals surface area contributed by atoms with Crippen LogP contribution in [0.3, 0.4) is 0 Å². The van der Waals surface area contributed by atoms with E-state index in [1.165, 1.54) is 5.56 Å². The molecule has 1 aliphatic heterocycles. The minimum Gasteiger partial charge on any atom is -0.497 e. The molecule has 3 heterocycles. The third kappa shape index (κ3) is 3.49. The van der Waals surface area contributed by atoms with E-state index in [4.69, 9.17) is 14.8 Å². The van der Waals surface area contributed by atoms with E-state index in [9.17, 15) is 4.79 Å². The van der Waals surface area contributed by atoms with Crippen molar-refractivity contribution in [1.29, 1.82) is 0 Å². The summed E-state index contributed by atoms with van der Waals surface area (Å²) >= 11 is 0. The molecular formula is C26H28N4O2. The number of ether oxygens (including phenoxy) is 1. The van der Waals surface area contributed by atoms with Crippen LogP contribution in [0.4, 0.5) is 0 Å². The zero-order chi connectivity index (χ0) is 22.2. The van der Waals surface area contributed by atoms with Crippen LogP contribution in [0.25, 0.3) is 16.6 Å². The number of nitrogens with zero attached hydrogens (tertiary/aromatic N) is 4. The first kappa shape index (κ1) is 20.5. The molecule has 32 heavy (non-hydrogen) atoms. The molecule has 164 valence electrons. The van der Waals surface area contributed by atoms with Crippen molar-refractivity contribution in [2.75, 3.05) is 13.7 Å². The Kier molecular flexibility index (Phi) is 5.29. The average molecular weight is 429 g/mol. The number of amides is 1. The molecule has 0 spiro atoms. The summed E-state index contributed by atoms with van der Waals surface area (Å²) < 4.78 is 7.20. The first-order valence-corrected chi connectivity index (χ1v) is 11.2. The number of aryl methyl sites for hydroxylation is 2. The Morgan fingerprint density at radius 1 is 1.12 bits per heavy atom. The Morgan fingerprint density at radius 3 is 2.69 bits per heavy atom. The standard InChI is InChI=1S/C26H28N4O2/c1-17-21(18(2)30-26(27-17)22-7-4-5-8-23(22)28-30)14-15-25(31)29-16-6-9-24(29)19-10-12-20(32-3)13-11-19/h4-5,7-8,10-13,24H,6,9,14-16H2,1-3H3/t24-/m1/s1. The van der Waals surface area contributed by atoms with E-state index in [1.807, 2.05) is 46.7 Å². The lowest BCUT2D eigenvalue weighted by atomic mass is 10.0. The van der Waals surface area contributed by atoms with Gasteiger partial charge in [-0.2, -0.15) is 5.10 Å². The van der Waals surface area contributed by atoms with Crippen molar-refractivity contribution >= 4 is 22.5 Å². The minimum atomic E-state index is 0.146. The van der Waals surface area contributed by atoms with Crippen LogP contribution in [0.2, 0.25) is 0 Å². The number of carbonyl (C=O) groups excluding carboxylic acids is 1. The molecule has 2 aromatic carbocycles. The highest BCUT2D eigenvalue weighted by molar-refractivity contribution is 5.92. The van der Waals surface area contributed by atoms with Crippen molar-refractivity contribution in [2.45, 2.75) is 45.6 Å². The van der Waals surface area contributed by atoms with Crippen LogP contribution < -0.4 is 4.74 Å². The fourth-order valence-corrected chi connectivity index (χ4v) is 4.95. The fourth-order valence-electron chi connectivity index (χ4n) is 4.95. The summed E-state index contributed by atoms with van der Waals surface area (Å²) in [7, 11) is 1.67. The second kappa shape index (κ2) is 8.26. The number of benzene rings is 2. The smallest absolute Gasteiger partial charge is 0.223 e. The maximum atomic E-state index is 13.2. The molecule has 5 rings (SSSR count). The number of methoxy groups -OCH3 is 1. The van der Waals surface area contributed by atoms with Gasteiger partial charge >= 0.3 is 0 Å². The molecule has 6 heteroatoms. The summed E-state index contributed by atoms with van der Waals surface area (Å²) in [5.74, 6) is 1.04. The Hall–Kier alpha value is -3.41. The van der Waals surface area contributed by atoms with Gasteiger partial charge < -0.3 is 9.64 Å². The van der Waals surface area contributed by atoms with Crippen molar-refractivity contribution in [1.82, 2.24) is 19.5 Å². The number of hydrogen-bond donors (Lipinski definition) is 0. The molecule has 6 nitrogen and oxygen atoms in total. The molecular weight excluding hydrogens is 400 g/mol. The molecule has 4 aromatic rings. The minimum absolute atomic E-state index is 0.146. The molecule has 0 unspecified atom stereocenters. The van der Waals surface area contributed by atoms with Gasteiger partial charge in [0.2, 0.25) is 5.91 Å². The van der Waals surface area contributed by atoms with E-state index < -0.39 is 0 Å². The van der Waals surface area contributed by atoms with Gasteiger partial charge in [-0.3, -0.25) is 4.79 Å². The van der Waals surface area contributed by atoms with Gasteiger partial charge in [-0.1, -0.05) is 24.3 Å². The Labute approximate surface area is 187 Å². The Bertz CT molecular complexity index is 1290. The van der Waals surface area contributed by atoms with E-state index in [-0.39, 0.29) is 11.9 Å². The first-order chi connectivity index (χ1) is 15.6. The molecule has 0 N–H and O–H groups in total. The summed E-state index contributed by atoms with van der Waals surface area (Å²) in [5, 5.41) is 5.79. The van der Waals surface area contributed by atoms with Crippen LogP contribution in [-0.4, -0.2) is 39.1 Å². The van der Waals surface area contributed by atoms with Gasteiger partial charge in [0.05, 0.1) is 18.7 Å². The number of carbonyl (C=O) groups is 1. The Balaban J connectivity index is 1.36. The highest BCUT2D eigenvalue weighted by Gasteiger charge is 2.30. The van der Waals surface area contributed by atoms with E-state index in [0.717, 1.165) is 58.6 Å². The summed E-state index contributed by atoms with van der Waals surface area (Å²) in [4.78, 5) is 20.1. The molecule has 0 saturated carbocycles. The number of fused-ring (bicyclic) bond motifs is 3. The predicted octanol–water partition coefficient (Wildman–Crippen LogP) is 4.80. The summed E-state index contributed by atoms with van der Waals surface area (Å²) in [6, 6.07) is 16.3. The van der Waals surface area contributed by atoms with Crippen LogP contribution in [0.5, 0.6) is 5.75 Å². The zero-order valence-corrected chi connectivity index (χ0v) is 18.8. The van der Waals surface area contributed by atoms with Crippen molar-refractivity contribution in [3.8, 4) is 5.75 Å². The molecule has 1 amide bonds. The quantitative estimate of drug-likeness (QED) is 0.458. The van der Waals surface area contributed by atoms with Gasteiger partial charge in [-0.05, 0) is 68.5 Å². The number of aromatic nitrogens is 3. The first-order valence-electron chi connectivity index (χ1n) is 11.2. The van der Waals surface area contributed by atoms with E-state index >= 15 is 0 Å². The van der Waals surface area contributed by atoms with Crippen LogP contribution in [0, 0.1) is 13.8 Å². The average Bonchev–Trinajstić information content (AvgIpc) is 3.44. The molecule has 1 atom stereocenters. The molecule has 1 fully saturated rings. The van der Waals surface area contributed by atoms with Crippen LogP contribution in [0.15, 0.2) is 48.5 Å². The lowest BCUT2D eigenvalue weighted by molar-refractivity contribution is -0.132. The third-order valence-corrected chi connectivity index (χ3v) is 6.68. The SMILES string of the molecule is COc1ccc([C@H]2CCCN2C(=O)CCc2c(C)nc3c4ccccc4nn3c2C)cc1. The topological polar surface area (TPSA) is 59.7 Å². The second-order valence-corrected chi connectivity index (χ2v) is 8.53. The van der Waals surface area contributed by atoms with Crippen LogP contribution in [0.1, 0.15) is 47.8 Å². The monoisotopic (exact) mass is 428 g/mol. The zero-order valence-electron chi connectivity index (χ0n) is 18.8. The fraction of sp³-hybridized carbons (Fsp3) is 0.346. The van der Waals surface area contributed by atoms with Crippen molar-refractivity contribution in [3.05, 3.63) is 71.0 Å². The Morgan fingerprint density at radius 2 is 1.91 bits per heavy atom. The van der Waals surface area contributed by atoms with Crippen LogP contribution >= 0.6 is 0 Å². The van der Waals surface area contributed by atoms with E-state index in [1.54, 1.807) is 7.11 Å². The highest BCUT2D eigenvalue weighted by Crippen LogP contribution is 2.33. The summed E-state index contributed by atoms with van der Waals surface area (Å²) in [6.45, 7) is 4.92. The van der Waals surface area contributed by atoms with Gasteiger partial charge in [0.1, 0.15) is 5.75 Å². The van der Waals surface area contributed by atoms with E-state index in [0.29, 0.717) is 12.8 Å². The maximum absolute atomic E-state index is 13.2. The molecule has 0 bridgehead atoms. The lowest BCUT2D eigenvalue weighted by Gasteiger charge is -2.25. The lowest BCUT2D eigenvalue weighted by Crippen LogP contribution is -2.30. The van der Waals surface area contributed by atoms with Gasteiger partial charge in [0, 0.05) is 29.7 Å². The molecule has 0 aliphatic carbocycles. The number of hydrogen-bond acceptors (Lipinski definition) is 4. The predicted molar refractivity (Wildman–Crippen MR) is 125 cm³/mol. The van der Waals surface area contributed by atoms with Crippen molar-refractivity contribution in [3.63, 3.8) is 0 Å². The van der Waals surface area contributed by atoms with Gasteiger partial charge in [0.25, 0.3) is 0 Å². The van der Waals surface area contributed by atoms with E-state index in [2.05, 4.69) is 25.1 Å². The van der Waals surface area contributed by atoms with Gasteiger partial charge in [-0.25, -0.2) is 9.50 Å². The van der Waals surface area contributed by atoms with Gasteiger partial charge in [-0.15, -0.1) is 0 Å². The molecule has 0 radical (unpaired) electrons. The molecule has 1 saturated heterocycles. The second-order valence-electron chi connectivity index (χ2n) is 8.53.